The van der Waals surface area contributed by atoms with E-state index >= 15 is 0 Å². The molecule has 1 amide bonds. The molecule has 0 unspecified atom stereocenters. The first-order valence-corrected chi connectivity index (χ1v) is 7.10. The molecule has 0 aliphatic heterocycles. The summed E-state index contributed by atoms with van der Waals surface area (Å²) in [6, 6.07) is 11.1. The number of aryl methyl sites for hydroxylation is 2. The summed E-state index contributed by atoms with van der Waals surface area (Å²) >= 11 is 6.00. The second-order valence-electron chi connectivity index (χ2n) is 5.02. The molecule has 0 atom stereocenters. The zero-order chi connectivity index (χ0) is 15.4. The van der Waals surface area contributed by atoms with Crippen LogP contribution in [-0.2, 0) is 4.79 Å². The molecule has 0 saturated carbocycles. The van der Waals surface area contributed by atoms with Gasteiger partial charge in [0.05, 0.1) is 10.7 Å². The topological polar surface area (TPSA) is 38.3 Å². The summed E-state index contributed by atoms with van der Waals surface area (Å²) < 4.78 is 5.62. The number of carbonyl (C=O) groups excluding carboxylic acids is 1. The Labute approximate surface area is 129 Å². The highest BCUT2D eigenvalue weighted by atomic mass is 35.5. The highest BCUT2D eigenvalue weighted by Gasteiger charge is 2.09. The van der Waals surface area contributed by atoms with Crippen LogP contribution in [0.1, 0.15) is 16.7 Å². The first kappa shape index (κ1) is 15.4. The number of hydrogen-bond donors (Lipinski definition) is 1. The van der Waals surface area contributed by atoms with E-state index in [0.717, 1.165) is 22.4 Å². The van der Waals surface area contributed by atoms with Gasteiger partial charge in [-0.3, -0.25) is 4.79 Å². The minimum Gasteiger partial charge on any atom is -0.483 e. The smallest absolute Gasteiger partial charge is 0.262 e. The number of nitrogens with one attached hydrogen (secondary N) is 1. The van der Waals surface area contributed by atoms with E-state index in [1.807, 2.05) is 39.0 Å². The lowest BCUT2D eigenvalue weighted by Gasteiger charge is -2.12. The van der Waals surface area contributed by atoms with Crippen molar-refractivity contribution in [1.82, 2.24) is 0 Å². The fourth-order valence-electron chi connectivity index (χ4n) is 2.04. The van der Waals surface area contributed by atoms with Crippen LogP contribution in [0.3, 0.4) is 0 Å². The predicted octanol–water partition coefficient (Wildman–Crippen LogP) is 4.28. The van der Waals surface area contributed by atoms with Gasteiger partial charge in [-0.2, -0.15) is 0 Å². The van der Waals surface area contributed by atoms with Crippen LogP contribution in [0.25, 0.3) is 0 Å². The zero-order valence-corrected chi connectivity index (χ0v) is 13.1. The predicted molar refractivity (Wildman–Crippen MR) is 86.2 cm³/mol. The molecular weight excluding hydrogens is 286 g/mol. The van der Waals surface area contributed by atoms with E-state index in [1.165, 1.54) is 0 Å². The van der Waals surface area contributed by atoms with E-state index in [9.17, 15) is 4.79 Å². The van der Waals surface area contributed by atoms with Gasteiger partial charge >= 0.3 is 0 Å². The largest absolute Gasteiger partial charge is 0.483 e. The lowest BCUT2D eigenvalue weighted by molar-refractivity contribution is -0.118. The SMILES string of the molecule is Cc1cc(C)c(C)c(OCC(=O)Nc2ccccc2Cl)c1. The summed E-state index contributed by atoms with van der Waals surface area (Å²) in [5, 5.41) is 3.24. The van der Waals surface area contributed by atoms with Crippen LogP contribution in [0.4, 0.5) is 5.69 Å². The monoisotopic (exact) mass is 303 g/mol. The maximum atomic E-state index is 11.9. The molecule has 0 radical (unpaired) electrons. The van der Waals surface area contributed by atoms with Crippen LogP contribution in [0, 0.1) is 20.8 Å². The quantitative estimate of drug-likeness (QED) is 0.915. The molecule has 2 aromatic rings. The van der Waals surface area contributed by atoms with Gasteiger partial charge in [-0.15, -0.1) is 0 Å². The number of rotatable bonds is 4. The Hall–Kier alpha value is -2.00. The molecule has 0 aliphatic rings. The molecule has 0 bridgehead atoms. The fraction of sp³-hybridized carbons (Fsp3) is 0.235. The molecule has 2 rings (SSSR count). The van der Waals surface area contributed by atoms with E-state index in [2.05, 4.69) is 11.4 Å². The Morgan fingerprint density at radius 1 is 1.19 bits per heavy atom. The van der Waals surface area contributed by atoms with Crippen molar-refractivity contribution in [2.24, 2.45) is 0 Å². The summed E-state index contributed by atoms with van der Waals surface area (Å²) in [7, 11) is 0. The minimum atomic E-state index is -0.235. The van der Waals surface area contributed by atoms with E-state index in [1.54, 1.807) is 12.1 Å². The Morgan fingerprint density at radius 2 is 1.90 bits per heavy atom. The molecule has 0 aromatic heterocycles. The normalized spacial score (nSPS) is 10.3. The molecule has 0 aliphatic carbocycles. The van der Waals surface area contributed by atoms with Crippen molar-refractivity contribution in [1.29, 1.82) is 0 Å². The molecular formula is C17H18ClNO2. The van der Waals surface area contributed by atoms with Gasteiger partial charge in [0, 0.05) is 0 Å². The van der Waals surface area contributed by atoms with E-state index in [0.29, 0.717) is 10.7 Å². The molecule has 0 spiro atoms. The third kappa shape index (κ3) is 3.99. The van der Waals surface area contributed by atoms with E-state index in [4.69, 9.17) is 16.3 Å². The molecule has 3 nitrogen and oxygen atoms in total. The highest BCUT2D eigenvalue weighted by Crippen LogP contribution is 2.24. The summed E-state index contributed by atoms with van der Waals surface area (Å²) in [6.45, 7) is 5.97. The fourth-order valence-corrected chi connectivity index (χ4v) is 2.23. The number of amides is 1. The molecule has 4 heteroatoms. The zero-order valence-electron chi connectivity index (χ0n) is 12.4. The Kier molecular flexibility index (Phi) is 4.86. The molecule has 1 N–H and O–H groups in total. The number of ether oxygens (including phenoxy) is 1. The van der Waals surface area contributed by atoms with Crippen LogP contribution in [0.15, 0.2) is 36.4 Å². The summed E-state index contributed by atoms with van der Waals surface area (Å²) in [5.41, 5.74) is 3.90. The van der Waals surface area contributed by atoms with Crippen molar-refractivity contribution in [3.63, 3.8) is 0 Å². The van der Waals surface area contributed by atoms with Gasteiger partial charge in [-0.25, -0.2) is 0 Å². The minimum absolute atomic E-state index is 0.0467. The van der Waals surface area contributed by atoms with Crippen LogP contribution in [0.2, 0.25) is 5.02 Å². The second kappa shape index (κ2) is 6.64. The number of carbonyl (C=O) groups is 1. The average molecular weight is 304 g/mol. The number of hydrogen-bond acceptors (Lipinski definition) is 2. The van der Waals surface area contributed by atoms with Gasteiger partial charge < -0.3 is 10.1 Å². The molecule has 110 valence electrons. The van der Waals surface area contributed by atoms with Gasteiger partial charge in [-0.1, -0.05) is 29.8 Å². The van der Waals surface area contributed by atoms with Gasteiger partial charge in [0.25, 0.3) is 5.91 Å². The first-order valence-electron chi connectivity index (χ1n) is 6.72. The van der Waals surface area contributed by atoms with Crippen LogP contribution >= 0.6 is 11.6 Å². The van der Waals surface area contributed by atoms with Crippen molar-refractivity contribution in [3.8, 4) is 5.75 Å². The van der Waals surface area contributed by atoms with Gasteiger partial charge in [-0.05, 0) is 55.7 Å². The van der Waals surface area contributed by atoms with Crippen molar-refractivity contribution >= 4 is 23.2 Å². The van der Waals surface area contributed by atoms with Crippen molar-refractivity contribution < 1.29 is 9.53 Å². The lowest BCUT2D eigenvalue weighted by Crippen LogP contribution is -2.20. The number of benzene rings is 2. The Balaban J connectivity index is 2.00. The summed E-state index contributed by atoms with van der Waals surface area (Å²) in [4.78, 5) is 11.9. The Morgan fingerprint density at radius 3 is 2.62 bits per heavy atom. The van der Waals surface area contributed by atoms with E-state index in [-0.39, 0.29) is 12.5 Å². The van der Waals surface area contributed by atoms with Gasteiger partial charge in [0.1, 0.15) is 5.75 Å². The van der Waals surface area contributed by atoms with Crippen LogP contribution < -0.4 is 10.1 Å². The van der Waals surface area contributed by atoms with E-state index < -0.39 is 0 Å². The highest BCUT2D eigenvalue weighted by molar-refractivity contribution is 6.33. The third-order valence-corrected chi connectivity index (χ3v) is 3.60. The molecule has 0 saturated heterocycles. The summed E-state index contributed by atoms with van der Waals surface area (Å²) in [6.07, 6.45) is 0. The van der Waals surface area contributed by atoms with Gasteiger partial charge in [0.2, 0.25) is 0 Å². The van der Waals surface area contributed by atoms with Crippen LogP contribution in [-0.4, -0.2) is 12.5 Å². The molecule has 0 fully saturated rings. The van der Waals surface area contributed by atoms with Crippen LogP contribution in [0.5, 0.6) is 5.75 Å². The molecule has 0 heterocycles. The number of para-hydroxylation sites is 1. The maximum Gasteiger partial charge on any atom is 0.262 e. The van der Waals surface area contributed by atoms with Crippen molar-refractivity contribution in [3.05, 3.63) is 58.1 Å². The first-order chi connectivity index (χ1) is 9.97. The van der Waals surface area contributed by atoms with Crippen molar-refractivity contribution in [2.45, 2.75) is 20.8 Å². The average Bonchev–Trinajstić information content (AvgIpc) is 2.44. The maximum absolute atomic E-state index is 11.9. The second-order valence-corrected chi connectivity index (χ2v) is 5.43. The molecule has 21 heavy (non-hydrogen) atoms. The lowest BCUT2D eigenvalue weighted by atomic mass is 10.1. The number of halogens is 1. The standard InChI is InChI=1S/C17H18ClNO2/c1-11-8-12(2)13(3)16(9-11)21-10-17(20)19-15-7-5-4-6-14(15)18/h4-9H,10H2,1-3H3,(H,19,20). The van der Waals surface area contributed by atoms with Crippen molar-refractivity contribution in [2.75, 3.05) is 11.9 Å². The Bertz CT molecular complexity index is 668. The number of anilines is 1. The molecule has 2 aromatic carbocycles. The third-order valence-electron chi connectivity index (χ3n) is 3.27. The van der Waals surface area contributed by atoms with Gasteiger partial charge in [0.15, 0.2) is 6.61 Å². The summed E-state index contributed by atoms with van der Waals surface area (Å²) in [5.74, 6) is 0.503.